The number of amides is 2. The number of hydrogen-bond donors (Lipinski definition) is 1. The predicted molar refractivity (Wildman–Crippen MR) is 81.6 cm³/mol. The first-order valence-corrected chi connectivity index (χ1v) is 8.17. The van der Waals surface area contributed by atoms with Crippen molar-refractivity contribution in [1.29, 1.82) is 0 Å². The lowest BCUT2D eigenvalue weighted by molar-refractivity contribution is -0.138. The molecule has 0 radical (unpaired) electrons. The van der Waals surface area contributed by atoms with Crippen LogP contribution in [0.3, 0.4) is 0 Å². The van der Waals surface area contributed by atoms with E-state index in [2.05, 4.69) is 15.5 Å². The van der Waals surface area contributed by atoms with Gasteiger partial charge >= 0.3 is 12.2 Å². The SMILES string of the molecule is CCC(C)(C)NC(=O)N1CCN(c2nnc(C(F)(F)F)s2)CC1. The van der Waals surface area contributed by atoms with E-state index >= 15 is 0 Å². The minimum atomic E-state index is -4.47. The monoisotopic (exact) mass is 351 g/mol. The molecule has 23 heavy (non-hydrogen) atoms. The average Bonchev–Trinajstić information content (AvgIpc) is 2.97. The number of anilines is 1. The number of halogens is 3. The van der Waals surface area contributed by atoms with E-state index in [4.69, 9.17) is 0 Å². The van der Waals surface area contributed by atoms with Gasteiger partial charge in [0.25, 0.3) is 0 Å². The zero-order chi connectivity index (χ0) is 17.3. The van der Waals surface area contributed by atoms with Crippen molar-refractivity contribution in [2.45, 2.75) is 38.9 Å². The summed E-state index contributed by atoms with van der Waals surface area (Å²) < 4.78 is 37.7. The molecule has 1 saturated heterocycles. The van der Waals surface area contributed by atoms with Gasteiger partial charge in [-0.15, -0.1) is 10.2 Å². The maximum absolute atomic E-state index is 12.6. The topological polar surface area (TPSA) is 61.4 Å². The van der Waals surface area contributed by atoms with E-state index in [1.807, 2.05) is 20.8 Å². The van der Waals surface area contributed by atoms with E-state index in [-0.39, 0.29) is 16.7 Å². The molecule has 0 atom stereocenters. The van der Waals surface area contributed by atoms with E-state index in [1.165, 1.54) is 0 Å². The van der Waals surface area contributed by atoms with Crippen molar-refractivity contribution >= 4 is 22.5 Å². The van der Waals surface area contributed by atoms with Crippen LogP contribution in [0, 0.1) is 0 Å². The molecule has 1 aliphatic heterocycles. The minimum absolute atomic E-state index is 0.148. The van der Waals surface area contributed by atoms with Crippen LogP contribution < -0.4 is 10.2 Å². The van der Waals surface area contributed by atoms with Crippen LogP contribution in [0.25, 0.3) is 0 Å². The largest absolute Gasteiger partial charge is 0.445 e. The second-order valence-corrected chi connectivity index (χ2v) is 6.99. The Morgan fingerprint density at radius 2 is 1.83 bits per heavy atom. The summed E-state index contributed by atoms with van der Waals surface area (Å²) in [5.41, 5.74) is -0.283. The Kier molecular flexibility index (Phi) is 5.02. The molecule has 0 unspecified atom stereocenters. The third-order valence-corrected chi connectivity index (χ3v) is 4.85. The second-order valence-electron chi connectivity index (χ2n) is 6.03. The summed E-state index contributed by atoms with van der Waals surface area (Å²) in [5.74, 6) is 0. The number of piperazine rings is 1. The molecule has 0 aromatic carbocycles. The Labute approximate surface area is 136 Å². The molecule has 0 aliphatic carbocycles. The average molecular weight is 351 g/mol. The molecule has 2 heterocycles. The molecule has 1 fully saturated rings. The first-order valence-electron chi connectivity index (χ1n) is 7.35. The molecular formula is C13H20F3N5OS. The lowest BCUT2D eigenvalue weighted by Crippen LogP contribution is -2.55. The molecular weight excluding hydrogens is 331 g/mol. The molecule has 0 spiro atoms. The highest BCUT2D eigenvalue weighted by Gasteiger charge is 2.36. The third kappa shape index (κ3) is 4.46. The molecule has 2 amide bonds. The number of aromatic nitrogens is 2. The first kappa shape index (κ1) is 17.8. The van der Waals surface area contributed by atoms with Gasteiger partial charge in [0.1, 0.15) is 0 Å². The number of carbonyl (C=O) groups excluding carboxylic acids is 1. The zero-order valence-corrected chi connectivity index (χ0v) is 14.1. The van der Waals surface area contributed by atoms with Crippen LogP contribution in [0.15, 0.2) is 0 Å². The number of nitrogens with zero attached hydrogens (tertiary/aromatic N) is 4. The van der Waals surface area contributed by atoms with E-state index in [9.17, 15) is 18.0 Å². The van der Waals surface area contributed by atoms with Crippen molar-refractivity contribution in [3.8, 4) is 0 Å². The Balaban J connectivity index is 1.91. The number of carbonyl (C=O) groups is 1. The highest BCUT2D eigenvalue weighted by molar-refractivity contribution is 7.15. The van der Waals surface area contributed by atoms with Gasteiger partial charge in [-0.25, -0.2) is 4.79 Å². The lowest BCUT2D eigenvalue weighted by atomic mass is 10.0. The summed E-state index contributed by atoms with van der Waals surface area (Å²) >= 11 is 0.529. The molecule has 1 aromatic rings. The molecule has 10 heteroatoms. The van der Waals surface area contributed by atoms with Gasteiger partial charge in [0.05, 0.1) is 0 Å². The zero-order valence-electron chi connectivity index (χ0n) is 13.3. The van der Waals surface area contributed by atoms with E-state index in [0.717, 1.165) is 6.42 Å². The Morgan fingerprint density at radius 1 is 1.22 bits per heavy atom. The summed E-state index contributed by atoms with van der Waals surface area (Å²) in [4.78, 5) is 15.6. The Bertz CT molecular complexity index is 552. The van der Waals surface area contributed by atoms with Crippen LogP contribution in [0.2, 0.25) is 0 Å². The number of hydrogen-bond acceptors (Lipinski definition) is 5. The van der Waals surface area contributed by atoms with Gasteiger partial charge in [0.2, 0.25) is 10.1 Å². The Morgan fingerprint density at radius 3 is 2.30 bits per heavy atom. The van der Waals surface area contributed by atoms with Gasteiger partial charge in [0.15, 0.2) is 0 Å². The fraction of sp³-hybridized carbons (Fsp3) is 0.769. The first-order chi connectivity index (χ1) is 10.6. The standard InChI is InChI=1S/C13H20F3N5OS/c1-4-12(2,3)17-10(22)20-5-7-21(8-6-20)11-19-18-9(23-11)13(14,15)16/h4-8H2,1-3H3,(H,17,22). The maximum Gasteiger partial charge on any atom is 0.445 e. The number of alkyl halides is 3. The molecule has 1 aliphatic rings. The van der Waals surface area contributed by atoms with Crippen molar-refractivity contribution < 1.29 is 18.0 Å². The van der Waals surface area contributed by atoms with Gasteiger partial charge in [-0.2, -0.15) is 13.2 Å². The van der Waals surface area contributed by atoms with Gasteiger partial charge in [-0.05, 0) is 20.3 Å². The summed E-state index contributed by atoms with van der Waals surface area (Å²) in [7, 11) is 0. The van der Waals surface area contributed by atoms with E-state index in [1.54, 1.807) is 9.80 Å². The number of nitrogens with one attached hydrogen (secondary N) is 1. The van der Waals surface area contributed by atoms with Crippen molar-refractivity contribution in [3.05, 3.63) is 5.01 Å². The number of urea groups is 1. The molecule has 1 aromatic heterocycles. The van der Waals surface area contributed by atoms with Crippen LogP contribution in [0.5, 0.6) is 0 Å². The maximum atomic E-state index is 12.6. The van der Waals surface area contributed by atoms with Crippen LogP contribution >= 0.6 is 11.3 Å². The summed E-state index contributed by atoms with van der Waals surface area (Å²) in [5, 5.41) is 9.03. The van der Waals surface area contributed by atoms with Gasteiger partial charge < -0.3 is 15.1 Å². The van der Waals surface area contributed by atoms with E-state index in [0.29, 0.717) is 37.5 Å². The Hall–Kier alpha value is -1.58. The fourth-order valence-corrected chi connectivity index (χ4v) is 2.78. The van der Waals surface area contributed by atoms with Crippen molar-refractivity contribution in [3.63, 3.8) is 0 Å². The predicted octanol–water partition coefficient (Wildman–Crippen LogP) is 2.58. The van der Waals surface area contributed by atoms with Crippen LogP contribution in [-0.4, -0.2) is 52.8 Å². The lowest BCUT2D eigenvalue weighted by Gasteiger charge is -2.36. The molecule has 6 nitrogen and oxygen atoms in total. The quantitative estimate of drug-likeness (QED) is 0.909. The van der Waals surface area contributed by atoms with Crippen LogP contribution in [-0.2, 0) is 6.18 Å². The van der Waals surface area contributed by atoms with Gasteiger partial charge in [-0.1, -0.05) is 18.3 Å². The van der Waals surface area contributed by atoms with Crippen molar-refractivity contribution in [1.82, 2.24) is 20.4 Å². The second kappa shape index (κ2) is 6.50. The minimum Gasteiger partial charge on any atom is -0.343 e. The smallest absolute Gasteiger partial charge is 0.343 e. The normalized spacial score (nSPS) is 16.6. The summed E-state index contributed by atoms with van der Waals surface area (Å²) in [6.07, 6.45) is -3.66. The molecule has 0 saturated carbocycles. The molecule has 130 valence electrons. The molecule has 0 bridgehead atoms. The highest BCUT2D eigenvalue weighted by Crippen LogP contribution is 2.34. The summed E-state index contributed by atoms with van der Waals surface area (Å²) in [6.45, 7) is 7.63. The molecule has 1 N–H and O–H groups in total. The van der Waals surface area contributed by atoms with Gasteiger partial charge in [0, 0.05) is 31.7 Å². The highest BCUT2D eigenvalue weighted by atomic mass is 32.1. The fourth-order valence-electron chi connectivity index (χ4n) is 2.02. The van der Waals surface area contributed by atoms with Crippen molar-refractivity contribution in [2.24, 2.45) is 0 Å². The van der Waals surface area contributed by atoms with Crippen LogP contribution in [0.1, 0.15) is 32.2 Å². The summed E-state index contributed by atoms with van der Waals surface area (Å²) in [6, 6.07) is -0.148. The van der Waals surface area contributed by atoms with Gasteiger partial charge in [-0.3, -0.25) is 0 Å². The number of rotatable bonds is 3. The van der Waals surface area contributed by atoms with Crippen LogP contribution in [0.4, 0.5) is 23.1 Å². The van der Waals surface area contributed by atoms with E-state index < -0.39 is 11.2 Å². The van der Waals surface area contributed by atoms with Crippen molar-refractivity contribution in [2.75, 3.05) is 31.1 Å². The third-order valence-electron chi connectivity index (χ3n) is 3.82. The molecule has 2 rings (SSSR count).